The largest absolute Gasteiger partial charge is 0.392 e. The van der Waals surface area contributed by atoms with Crippen LogP contribution < -0.4 is 0 Å². The van der Waals surface area contributed by atoms with Crippen LogP contribution >= 0.6 is 0 Å². The molecule has 0 aliphatic carbocycles. The van der Waals surface area contributed by atoms with Gasteiger partial charge in [-0.05, 0) is 11.1 Å². The van der Waals surface area contributed by atoms with Gasteiger partial charge in [0.05, 0.1) is 12.9 Å². The molecule has 1 aromatic heterocycles. The minimum Gasteiger partial charge on any atom is -0.392 e. The topological polar surface area (TPSA) is 85.6 Å². The van der Waals surface area contributed by atoms with Crippen molar-refractivity contribution in [3.8, 4) is 12.1 Å². The summed E-state index contributed by atoms with van der Waals surface area (Å²) in [5, 5.41) is 26.7. The lowest BCUT2D eigenvalue weighted by Crippen LogP contribution is -2.01. The molecule has 0 bridgehead atoms. The number of rotatable bonds is 3. The highest BCUT2D eigenvalue weighted by atomic mass is 16.3. The van der Waals surface area contributed by atoms with Crippen molar-refractivity contribution in [1.29, 1.82) is 10.5 Å². The van der Waals surface area contributed by atoms with Crippen LogP contribution in [0.3, 0.4) is 0 Å². The Balaban J connectivity index is 2.26. The number of nitriles is 2. The quantitative estimate of drug-likeness (QED) is 0.869. The first-order valence-corrected chi connectivity index (χ1v) is 5.32. The number of benzene rings is 1. The summed E-state index contributed by atoms with van der Waals surface area (Å²) in [6.07, 6.45) is 1.48. The van der Waals surface area contributed by atoms with Gasteiger partial charge in [-0.3, -0.25) is 0 Å². The summed E-state index contributed by atoms with van der Waals surface area (Å²) < 4.78 is 1.63. The summed E-state index contributed by atoms with van der Waals surface area (Å²) in [4.78, 5) is 3.87. The van der Waals surface area contributed by atoms with Gasteiger partial charge in [0.1, 0.15) is 12.1 Å². The average Bonchev–Trinajstić information content (AvgIpc) is 2.81. The normalized spacial score (nSPS) is 9.72. The lowest BCUT2D eigenvalue weighted by molar-refractivity contribution is 0.282. The van der Waals surface area contributed by atoms with E-state index in [0.29, 0.717) is 6.54 Å². The minimum absolute atomic E-state index is 0.00732. The van der Waals surface area contributed by atoms with E-state index in [-0.39, 0.29) is 18.0 Å². The third-order valence-electron chi connectivity index (χ3n) is 2.61. The van der Waals surface area contributed by atoms with Crippen LogP contribution in [0.1, 0.15) is 22.5 Å². The highest BCUT2D eigenvalue weighted by molar-refractivity contribution is 5.36. The van der Waals surface area contributed by atoms with E-state index in [9.17, 15) is 0 Å². The van der Waals surface area contributed by atoms with Crippen LogP contribution in [0, 0.1) is 22.7 Å². The highest BCUT2D eigenvalue weighted by Crippen LogP contribution is 2.10. The summed E-state index contributed by atoms with van der Waals surface area (Å²) in [6, 6.07) is 11.3. The van der Waals surface area contributed by atoms with E-state index >= 15 is 0 Å². The van der Waals surface area contributed by atoms with Crippen LogP contribution in [0.25, 0.3) is 0 Å². The Kier molecular flexibility index (Phi) is 3.38. The molecule has 0 saturated heterocycles. The lowest BCUT2D eigenvalue weighted by atomic mass is 10.1. The maximum absolute atomic E-state index is 8.98. The van der Waals surface area contributed by atoms with Gasteiger partial charge in [-0.1, -0.05) is 24.3 Å². The first-order chi connectivity index (χ1) is 8.78. The SMILES string of the molecule is N#Cc1ncn(Cc2ccc(CO)cc2)c1C#N. The second kappa shape index (κ2) is 5.13. The Morgan fingerprint density at radius 1 is 1.11 bits per heavy atom. The molecule has 0 spiro atoms. The van der Waals surface area contributed by atoms with Crippen molar-refractivity contribution in [2.75, 3.05) is 0 Å². The minimum atomic E-state index is 0.00732. The number of imidazole rings is 1. The zero-order valence-electron chi connectivity index (χ0n) is 9.54. The smallest absolute Gasteiger partial charge is 0.176 e. The number of hydrogen-bond donors (Lipinski definition) is 1. The number of aliphatic hydroxyl groups excluding tert-OH is 1. The molecule has 18 heavy (non-hydrogen) atoms. The van der Waals surface area contributed by atoms with Gasteiger partial charge in [0.2, 0.25) is 0 Å². The van der Waals surface area contributed by atoms with Crippen molar-refractivity contribution in [2.24, 2.45) is 0 Å². The van der Waals surface area contributed by atoms with E-state index in [1.165, 1.54) is 6.33 Å². The molecule has 2 aromatic rings. The standard InChI is InChI=1S/C13H10N4O/c14-5-12-13(6-15)17(9-16-12)7-10-1-3-11(8-18)4-2-10/h1-4,9,18H,7-8H2. The molecule has 5 heteroatoms. The van der Waals surface area contributed by atoms with Crippen LogP contribution in [-0.2, 0) is 13.2 Å². The number of nitrogens with zero attached hydrogens (tertiary/aromatic N) is 4. The van der Waals surface area contributed by atoms with E-state index < -0.39 is 0 Å². The summed E-state index contributed by atoms with van der Waals surface area (Å²) in [6.45, 7) is 0.483. The molecule has 0 unspecified atom stereocenters. The van der Waals surface area contributed by atoms with Crippen molar-refractivity contribution in [3.05, 3.63) is 53.1 Å². The molecule has 1 heterocycles. The van der Waals surface area contributed by atoms with Crippen LogP contribution in [0.5, 0.6) is 0 Å². The fourth-order valence-electron chi connectivity index (χ4n) is 1.65. The van der Waals surface area contributed by atoms with Gasteiger partial charge in [-0.2, -0.15) is 10.5 Å². The molecule has 0 aliphatic heterocycles. The highest BCUT2D eigenvalue weighted by Gasteiger charge is 2.09. The van der Waals surface area contributed by atoms with Gasteiger partial charge in [0.25, 0.3) is 0 Å². The summed E-state index contributed by atoms with van der Waals surface area (Å²) in [5.41, 5.74) is 2.22. The van der Waals surface area contributed by atoms with Crippen molar-refractivity contribution in [2.45, 2.75) is 13.2 Å². The molecule has 5 nitrogen and oxygen atoms in total. The second-order valence-corrected chi connectivity index (χ2v) is 3.77. The van der Waals surface area contributed by atoms with Gasteiger partial charge in [-0.25, -0.2) is 4.98 Å². The van der Waals surface area contributed by atoms with E-state index in [1.807, 2.05) is 36.4 Å². The predicted octanol–water partition coefficient (Wildman–Crippen LogP) is 1.17. The molecule has 0 fully saturated rings. The summed E-state index contributed by atoms with van der Waals surface area (Å²) in [7, 11) is 0. The third kappa shape index (κ3) is 2.22. The van der Waals surface area contributed by atoms with Crippen LogP contribution in [0.15, 0.2) is 30.6 Å². The lowest BCUT2D eigenvalue weighted by Gasteiger charge is -2.04. The molecule has 0 saturated carbocycles. The molecular formula is C13H10N4O. The molecule has 1 aromatic carbocycles. The van der Waals surface area contributed by atoms with Gasteiger partial charge < -0.3 is 9.67 Å². The van der Waals surface area contributed by atoms with E-state index in [2.05, 4.69) is 4.98 Å². The second-order valence-electron chi connectivity index (χ2n) is 3.77. The van der Waals surface area contributed by atoms with Crippen LogP contribution in [-0.4, -0.2) is 14.7 Å². The van der Waals surface area contributed by atoms with E-state index in [1.54, 1.807) is 4.57 Å². The maximum atomic E-state index is 8.98. The predicted molar refractivity (Wildman–Crippen MR) is 63.1 cm³/mol. The van der Waals surface area contributed by atoms with Crippen molar-refractivity contribution < 1.29 is 5.11 Å². The molecule has 0 atom stereocenters. The Morgan fingerprint density at radius 3 is 2.33 bits per heavy atom. The Morgan fingerprint density at radius 2 is 1.78 bits per heavy atom. The molecule has 0 radical (unpaired) electrons. The molecule has 1 N–H and O–H groups in total. The molecule has 0 aliphatic rings. The Bertz CT molecular complexity index is 628. The summed E-state index contributed by atoms with van der Waals surface area (Å²) >= 11 is 0. The number of hydrogen-bond acceptors (Lipinski definition) is 4. The zero-order valence-corrected chi connectivity index (χ0v) is 9.54. The van der Waals surface area contributed by atoms with Crippen molar-refractivity contribution in [1.82, 2.24) is 9.55 Å². The first kappa shape index (κ1) is 11.8. The fraction of sp³-hybridized carbons (Fsp3) is 0.154. The zero-order chi connectivity index (χ0) is 13.0. The molecular weight excluding hydrogens is 228 g/mol. The van der Waals surface area contributed by atoms with Crippen LogP contribution in [0.2, 0.25) is 0 Å². The van der Waals surface area contributed by atoms with Gasteiger partial charge in [0.15, 0.2) is 11.4 Å². The monoisotopic (exact) mass is 238 g/mol. The molecule has 88 valence electrons. The van der Waals surface area contributed by atoms with Crippen molar-refractivity contribution in [3.63, 3.8) is 0 Å². The van der Waals surface area contributed by atoms with Crippen LogP contribution in [0.4, 0.5) is 0 Å². The number of aliphatic hydroxyl groups is 1. The van der Waals surface area contributed by atoms with Crippen molar-refractivity contribution >= 4 is 0 Å². The molecule has 0 amide bonds. The van der Waals surface area contributed by atoms with E-state index in [0.717, 1.165) is 11.1 Å². The van der Waals surface area contributed by atoms with E-state index in [4.69, 9.17) is 15.6 Å². The van der Waals surface area contributed by atoms with Gasteiger partial charge in [0, 0.05) is 6.54 Å². The Hall–Kier alpha value is -2.63. The molecule has 2 rings (SSSR count). The Labute approximate surface area is 104 Å². The average molecular weight is 238 g/mol. The summed E-state index contributed by atoms with van der Waals surface area (Å²) in [5.74, 6) is 0. The first-order valence-electron chi connectivity index (χ1n) is 5.32. The van der Waals surface area contributed by atoms with Gasteiger partial charge >= 0.3 is 0 Å². The maximum Gasteiger partial charge on any atom is 0.176 e. The van der Waals surface area contributed by atoms with Gasteiger partial charge in [-0.15, -0.1) is 0 Å². The number of aromatic nitrogens is 2. The fourth-order valence-corrected chi connectivity index (χ4v) is 1.65. The third-order valence-corrected chi connectivity index (χ3v) is 2.61.